The molecule has 3 nitrogen and oxygen atoms in total. The van der Waals surface area contributed by atoms with Gasteiger partial charge in [-0.1, -0.05) is 78.1 Å². The molecule has 1 aliphatic heterocycles. The van der Waals surface area contributed by atoms with Gasteiger partial charge >= 0.3 is 18.4 Å². The first kappa shape index (κ1) is 27.9. The normalized spacial score (nSPS) is 23.5. The summed E-state index contributed by atoms with van der Waals surface area (Å²) in [6.07, 6.45) is -5.77. The van der Waals surface area contributed by atoms with Gasteiger partial charge in [0.25, 0.3) is 6.10 Å². The van der Waals surface area contributed by atoms with Crippen LogP contribution in [-0.2, 0) is 4.74 Å². The second-order valence-electron chi connectivity index (χ2n) is 8.60. The van der Waals surface area contributed by atoms with Crippen LogP contribution in [0.2, 0.25) is 0 Å². The molecule has 2 atom stereocenters. The van der Waals surface area contributed by atoms with Crippen LogP contribution < -0.4 is 0 Å². The average Bonchev–Trinajstić information content (AvgIpc) is 2.66. The summed E-state index contributed by atoms with van der Waals surface area (Å²) >= 11 is 0. The lowest BCUT2D eigenvalue weighted by atomic mass is 9.80. The molecule has 1 heterocycles. The molecule has 0 saturated carbocycles. The maximum Gasteiger partial charge on any atom is 0.434 e. The summed E-state index contributed by atoms with van der Waals surface area (Å²) in [6.45, 7) is 4.55. The van der Waals surface area contributed by atoms with Crippen molar-refractivity contribution in [2.45, 2.75) is 109 Å². The quantitative estimate of drug-likeness (QED) is 0.399. The van der Waals surface area contributed by atoms with Crippen molar-refractivity contribution in [1.82, 2.24) is 4.90 Å². The third-order valence-electron chi connectivity index (χ3n) is 6.18. The van der Waals surface area contributed by atoms with Crippen molar-refractivity contribution in [3.63, 3.8) is 0 Å². The third-order valence-corrected chi connectivity index (χ3v) is 6.18. The number of rotatable bonds is 4. The molecule has 184 valence electrons. The van der Waals surface area contributed by atoms with Crippen LogP contribution in [0.4, 0.5) is 31.1 Å². The number of carbonyl (C=O) groups excluding carboxylic acids is 1. The van der Waals surface area contributed by atoms with Gasteiger partial charge in [-0.25, -0.2) is 4.79 Å². The molecule has 0 aliphatic carbocycles. The number of halogens is 6. The molecule has 1 saturated heterocycles. The Labute approximate surface area is 181 Å². The molecule has 31 heavy (non-hydrogen) atoms. The van der Waals surface area contributed by atoms with Crippen molar-refractivity contribution in [1.29, 1.82) is 0 Å². The van der Waals surface area contributed by atoms with Gasteiger partial charge in [-0.15, -0.1) is 0 Å². The maximum atomic E-state index is 12.8. The molecule has 0 aromatic carbocycles. The van der Waals surface area contributed by atoms with Crippen molar-refractivity contribution in [3.8, 4) is 0 Å². The molecule has 0 spiro atoms. The maximum absolute atomic E-state index is 12.8. The standard InChI is InChI=1S/C22H37F6NO2/c1-3-12-18-14-8-6-5-7-10-15-29(16-11-9-13-17(18)4-2)20(30)31-19(21(23,24)25)22(26,27)28/h17-19H,3-16H2,1-2H3. The van der Waals surface area contributed by atoms with Gasteiger partial charge in [0.2, 0.25) is 0 Å². The van der Waals surface area contributed by atoms with Crippen LogP contribution in [0, 0.1) is 11.8 Å². The topological polar surface area (TPSA) is 29.5 Å². The highest BCUT2D eigenvalue weighted by Gasteiger charge is 2.60. The zero-order chi connectivity index (χ0) is 23.5. The summed E-state index contributed by atoms with van der Waals surface area (Å²) in [5.41, 5.74) is 0. The van der Waals surface area contributed by atoms with Gasteiger partial charge in [-0.2, -0.15) is 26.3 Å². The molecule has 1 amide bonds. The molecule has 1 aliphatic rings. The van der Waals surface area contributed by atoms with Crippen LogP contribution >= 0.6 is 0 Å². The average molecular weight is 462 g/mol. The first-order valence-electron chi connectivity index (χ1n) is 11.6. The van der Waals surface area contributed by atoms with E-state index in [-0.39, 0.29) is 13.1 Å². The highest BCUT2D eigenvalue weighted by atomic mass is 19.4. The number of hydrogen-bond donors (Lipinski definition) is 0. The van der Waals surface area contributed by atoms with E-state index in [1.807, 2.05) is 0 Å². The number of hydrogen-bond acceptors (Lipinski definition) is 2. The molecule has 0 radical (unpaired) electrons. The van der Waals surface area contributed by atoms with Crippen LogP contribution in [0.5, 0.6) is 0 Å². The van der Waals surface area contributed by atoms with Gasteiger partial charge in [-0.05, 0) is 24.7 Å². The number of nitrogens with zero attached hydrogens (tertiary/aromatic N) is 1. The number of amides is 1. The van der Waals surface area contributed by atoms with E-state index in [2.05, 4.69) is 18.6 Å². The van der Waals surface area contributed by atoms with Gasteiger partial charge in [0, 0.05) is 13.1 Å². The fourth-order valence-electron chi connectivity index (χ4n) is 4.50. The lowest BCUT2D eigenvalue weighted by molar-refractivity contribution is -0.308. The van der Waals surface area contributed by atoms with E-state index in [4.69, 9.17) is 0 Å². The van der Waals surface area contributed by atoms with E-state index in [1.54, 1.807) is 0 Å². The summed E-state index contributed by atoms with van der Waals surface area (Å²) in [5.74, 6) is 1.21. The second-order valence-corrected chi connectivity index (χ2v) is 8.60. The van der Waals surface area contributed by atoms with Crippen LogP contribution in [0.3, 0.4) is 0 Å². The Kier molecular flexibility index (Phi) is 12.1. The van der Waals surface area contributed by atoms with E-state index in [0.29, 0.717) is 24.7 Å². The monoisotopic (exact) mass is 461 g/mol. The fourth-order valence-corrected chi connectivity index (χ4v) is 4.50. The molecule has 1 fully saturated rings. The van der Waals surface area contributed by atoms with Crippen molar-refractivity contribution in [3.05, 3.63) is 0 Å². The van der Waals surface area contributed by atoms with Gasteiger partial charge in [-0.3, -0.25) is 0 Å². The molecule has 0 aromatic rings. The summed E-state index contributed by atoms with van der Waals surface area (Å²) in [6, 6.07) is 0. The van der Waals surface area contributed by atoms with E-state index in [0.717, 1.165) is 56.3 Å². The Bertz CT molecular complexity index is 495. The van der Waals surface area contributed by atoms with Crippen molar-refractivity contribution in [2.75, 3.05) is 13.1 Å². The summed E-state index contributed by atoms with van der Waals surface area (Å²) in [4.78, 5) is 13.2. The SMILES string of the molecule is CCCC1CCCCCCCN(C(=O)OC(C(F)(F)F)C(F)(F)F)CCCCC1CC. The smallest absolute Gasteiger partial charge is 0.426 e. The molecule has 2 unspecified atom stereocenters. The Morgan fingerprint density at radius 3 is 1.87 bits per heavy atom. The Hall–Kier alpha value is -1.15. The van der Waals surface area contributed by atoms with Gasteiger partial charge in [0.05, 0.1) is 0 Å². The zero-order valence-corrected chi connectivity index (χ0v) is 18.7. The highest BCUT2D eigenvalue weighted by Crippen LogP contribution is 2.36. The van der Waals surface area contributed by atoms with Gasteiger partial charge in [0.1, 0.15) is 0 Å². The van der Waals surface area contributed by atoms with E-state index in [9.17, 15) is 31.1 Å². The first-order chi connectivity index (χ1) is 14.5. The van der Waals surface area contributed by atoms with Gasteiger partial charge in [0.15, 0.2) is 0 Å². The molecule has 9 heteroatoms. The van der Waals surface area contributed by atoms with Crippen molar-refractivity contribution >= 4 is 6.09 Å². The second kappa shape index (κ2) is 13.4. The van der Waals surface area contributed by atoms with Gasteiger partial charge < -0.3 is 9.64 Å². The summed E-state index contributed by atoms with van der Waals surface area (Å²) < 4.78 is 80.5. The van der Waals surface area contributed by atoms with E-state index < -0.39 is 24.5 Å². The van der Waals surface area contributed by atoms with Crippen molar-refractivity contribution in [2.24, 2.45) is 11.8 Å². The minimum Gasteiger partial charge on any atom is -0.426 e. The van der Waals surface area contributed by atoms with Crippen LogP contribution in [0.15, 0.2) is 0 Å². The van der Waals surface area contributed by atoms with E-state index in [1.165, 1.54) is 12.8 Å². The Morgan fingerprint density at radius 1 is 0.839 bits per heavy atom. The lowest BCUT2D eigenvalue weighted by Crippen LogP contribution is -2.48. The predicted octanol–water partition coefficient (Wildman–Crippen LogP) is 7.89. The number of ether oxygens (including phenoxy) is 1. The molecular formula is C22H37F6NO2. The number of carbonyl (C=O) groups is 1. The Morgan fingerprint density at radius 2 is 1.32 bits per heavy atom. The summed E-state index contributed by atoms with van der Waals surface area (Å²) in [5, 5.41) is 0. The molecule has 1 rings (SSSR count). The lowest BCUT2D eigenvalue weighted by Gasteiger charge is -2.29. The molecule has 0 aromatic heterocycles. The Balaban J connectivity index is 2.80. The minimum absolute atomic E-state index is 0.107. The highest BCUT2D eigenvalue weighted by molar-refractivity contribution is 5.68. The summed E-state index contributed by atoms with van der Waals surface area (Å²) in [7, 11) is 0. The number of alkyl halides is 6. The zero-order valence-electron chi connectivity index (χ0n) is 18.7. The largest absolute Gasteiger partial charge is 0.434 e. The van der Waals surface area contributed by atoms with Crippen molar-refractivity contribution < 1.29 is 35.9 Å². The minimum atomic E-state index is -5.70. The predicted molar refractivity (Wildman–Crippen MR) is 108 cm³/mol. The first-order valence-corrected chi connectivity index (χ1v) is 11.6. The third kappa shape index (κ3) is 10.3. The molecule has 0 bridgehead atoms. The van der Waals surface area contributed by atoms with Crippen LogP contribution in [-0.4, -0.2) is 42.5 Å². The van der Waals surface area contributed by atoms with E-state index >= 15 is 0 Å². The van der Waals surface area contributed by atoms with Crippen LogP contribution in [0.25, 0.3) is 0 Å². The fraction of sp³-hybridized carbons (Fsp3) is 0.955. The molecule has 0 N–H and O–H groups in total. The molecular weight excluding hydrogens is 424 g/mol. The van der Waals surface area contributed by atoms with Crippen LogP contribution in [0.1, 0.15) is 90.9 Å².